The van der Waals surface area contributed by atoms with E-state index < -0.39 is 5.97 Å². The molecule has 0 aromatic heterocycles. The summed E-state index contributed by atoms with van der Waals surface area (Å²) in [6.45, 7) is 7.02. The molecule has 6 heteroatoms. The Morgan fingerprint density at radius 1 is 0.917 bits per heavy atom. The number of carboxylic acids is 1. The van der Waals surface area contributed by atoms with Gasteiger partial charge in [-0.05, 0) is 66.6 Å². The van der Waals surface area contributed by atoms with Crippen LogP contribution < -0.4 is 14.8 Å². The van der Waals surface area contributed by atoms with Gasteiger partial charge in [0.25, 0.3) is 5.91 Å². The van der Waals surface area contributed by atoms with E-state index in [4.69, 9.17) is 14.6 Å². The van der Waals surface area contributed by atoms with Crippen molar-refractivity contribution in [3.05, 3.63) is 95.1 Å². The second-order valence-electron chi connectivity index (χ2n) is 9.27. The number of benzene rings is 3. The summed E-state index contributed by atoms with van der Waals surface area (Å²) in [6.07, 6.45) is 1.35. The summed E-state index contributed by atoms with van der Waals surface area (Å²) in [4.78, 5) is 23.5. The number of aliphatic carboxylic acids is 1. The second kappa shape index (κ2) is 13.3. The lowest BCUT2D eigenvalue weighted by atomic mass is 10.0. The number of rotatable bonds is 13. The lowest BCUT2D eigenvalue weighted by Gasteiger charge is -2.17. The van der Waals surface area contributed by atoms with Gasteiger partial charge in [-0.2, -0.15) is 0 Å². The molecule has 2 N–H and O–H groups in total. The van der Waals surface area contributed by atoms with Crippen LogP contribution in [0.1, 0.15) is 66.8 Å². The minimum absolute atomic E-state index is 0.0227. The maximum absolute atomic E-state index is 12.8. The third-order valence-electron chi connectivity index (χ3n) is 5.68. The number of carboxylic acid groups (broad SMARTS) is 1. The molecule has 6 nitrogen and oxygen atoms in total. The molecule has 0 saturated carbocycles. The number of nitrogens with one attached hydrogen (secondary N) is 1. The number of carbonyl (C=O) groups excluding carboxylic acids is 1. The van der Waals surface area contributed by atoms with Crippen molar-refractivity contribution >= 4 is 11.9 Å². The van der Waals surface area contributed by atoms with Gasteiger partial charge in [-0.1, -0.05) is 62.4 Å². The molecule has 0 heterocycles. The molecule has 0 fully saturated rings. The highest BCUT2D eigenvalue weighted by Crippen LogP contribution is 2.24. The van der Waals surface area contributed by atoms with E-state index in [9.17, 15) is 9.59 Å². The van der Waals surface area contributed by atoms with Crippen molar-refractivity contribution < 1.29 is 24.2 Å². The normalized spacial score (nSPS) is 11.7. The van der Waals surface area contributed by atoms with E-state index >= 15 is 0 Å². The lowest BCUT2D eigenvalue weighted by Crippen LogP contribution is -2.23. The Morgan fingerprint density at radius 3 is 2.39 bits per heavy atom. The van der Waals surface area contributed by atoms with Crippen LogP contribution in [0, 0.1) is 5.92 Å². The van der Waals surface area contributed by atoms with Gasteiger partial charge in [0.2, 0.25) is 0 Å². The molecule has 0 aliphatic rings. The predicted octanol–water partition coefficient (Wildman–Crippen LogP) is 6.20. The smallest absolute Gasteiger partial charge is 0.303 e. The Morgan fingerprint density at radius 2 is 1.67 bits per heavy atom. The molecule has 0 saturated heterocycles. The van der Waals surface area contributed by atoms with Crippen LogP contribution in [0.15, 0.2) is 72.8 Å². The number of carbonyl (C=O) groups is 2. The minimum atomic E-state index is -0.871. The maximum atomic E-state index is 12.8. The molecule has 3 rings (SSSR count). The molecule has 3 aromatic carbocycles. The minimum Gasteiger partial charge on any atom is -0.493 e. The van der Waals surface area contributed by atoms with Crippen molar-refractivity contribution in [3.8, 4) is 11.5 Å². The maximum Gasteiger partial charge on any atom is 0.303 e. The Bertz CT molecular complexity index is 1140. The topological polar surface area (TPSA) is 84.9 Å². The Hall–Kier alpha value is -3.80. The van der Waals surface area contributed by atoms with Crippen LogP contribution in [0.2, 0.25) is 0 Å². The summed E-state index contributed by atoms with van der Waals surface area (Å²) < 4.78 is 11.8. The molecule has 1 atom stereocenters. The fourth-order valence-corrected chi connectivity index (χ4v) is 3.86. The molecule has 0 aliphatic heterocycles. The SMILES string of the molecule is CC(C)Cc1ccc(C(C)Oc2cccc(CNC(=O)c3ccccc3OCCCC(=O)O)c2)cc1. The highest BCUT2D eigenvalue weighted by atomic mass is 16.5. The van der Waals surface area contributed by atoms with E-state index in [0.29, 0.717) is 30.2 Å². The fraction of sp³-hybridized carbons (Fsp3) is 0.333. The third-order valence-corrected chi connectivity index (χ3v) is 5.68. The monoisotopic (exact) mass is 489 g/mol. The summed E-state index contributed by atoms with van der Waals surface area (Å²) in [7, 11) is 0. The van der Waals surface area contributed by atoms with Crippen LogP contribution in [0.4, 0.5) is 0 Å². The van der Waals surface area contributed by atoms with Gasteiger partial charge in [0, 0.05) is 13.0 Å². The van der Waals surface area contributed by atoms with Crippen LogP contribution in [0.5, 0.6) is 11.5 Å². The zero-order chi connectivity index (χ0) is 25.9. The van der Waals surface area contributed by atoms with Crippen LogP contribution in [0.25, 0.3) is 0 Å². The van der Waals surface area contributed by atoms with Gasteiger partial charge >= 0.3 is 5.97 Å². The first kappa shape index (κ1) is 26.8. The number of hydrogen-bond donors (Lipinski definition) is 2. The molecule has 0 bridgehead atoms. The van der Waals surface area contributed by atoms with Crippen molar-refractivity contribution in [1.29, 1.82) is 0 Å². The largest absolute Gasteiger partial charge is 0.493 e. The molecule has 0 radical (unpaired) electrons. The van der Waals surface area contributed by atoms with Gasteiger partial charge in [0.1, 0.15) is 17.6 Å². The van der Waals surface area contributed by atoms with Crippen molar-refractivity contribution in [2.45, 2.75) is 52.7 Å². The fourth-order valence-electron chi connectivity index (χ4n) is 3.86. The quantitative estimate of drug-likeness (QED) is 0.279. The molecule has 36 heavy (non-hydrogen) atoms. The van der Waals surface area contributed by atoms with Crippen LogP contribution in [-0.2, 0) is 17.8 Å². The first-order valence-corrected chi connectivity index (χ1v) is 12.4. The highest BCUT2D eigenvalue weighted by Gasteiger charge is 2.13. The van der Waals surface area contributed by atoms with E-state index in [0.717, 1.165) is 23.3 Å². The zero-order valence-electron chi connectivity index (χ0n) is 21.2. The zero-order valence-corrected chi connectivity index (χ0v) is 21.2. The summed E-state index contributed by atoms with van der Waals surface area (Å²) >= 11 is 0. The van der Waals surface area contributed by atoms with Crippen molar-refractivity contribution in [2.24, 2.45) is 5.92 Å². The van der Waals surface area contributed by atoms with E-state index in [1.165, 1.54) is 5.56 Å². The average Bonchev–Trinajstić information content (AvgIpc) is 2.85. The summed E-state index contributed by atoms with van der Waals surface area (Å²) in [6, 6.07) is 23.2. The van der Waals surface area contributed by atoms with E-state index in [-0.39, 0.29) is 25.0 Å². The number of amides is 1. The third kappa shape index (κ3) is 8.45. The van der Waals surface area contributed by atoms with E-state index in [1.807, 2.05) is 31.2 Å². The van der Waals surface area contributed by atoms with E-state index in [1.54, 1.807) is 24.3 Å². The molecule has 3 aromatic rings. The van der Waals surface area contributed by atoms with Crippen LogP contribution in [-0.4, -0.2) is 23.6 Å². The Kier molecular flexibility index (Phi) is 9.92. The molecular weight excluding hydrogens is 454 g/mol. The van der Waals surface area contributed by atoms with Gasteiger partial charge < -0.3 is 19.9 Å². The van der Waals surface area contributed by atoms with Crippen molar-refractivity contribution in [2.75, 3.05) is 6.61 Å². The average molecular weight is 490 g/mol. The van der Waals surface area contributed by atoms with Crippen molar-refractivity contribution in [1.82, 2.24) is 5.32 Å². The van der Waals surface area contributed by atoms with Gasteiger partial charge in [0.15, 0.2) is 0 Å². The highest BCUT2D eigenvalue weighted by molar-refractivity contribution is 5.96. The summed E-state index contributed by atoms with van der Waals surface area (Å²) in [5, 5.41) is 11.7. The molecular formula is C30H35NO5. The van der Waals surface area contributed by atoms with Crippen molar-refractivity contribution in [3.63, 3.8) is 0 Å². The second-order valence-corrected chi connectivity index (χ2v) is 9.27. The van der Waals surface area contributed by atoms with Gasteiger partial charge in [0.05, 0.1) is 12.2 Å². The summed E-state index contributed by atoms with van der Waals surface area (Å²) in [5.41, 5.74) is 3.77. The van der Waals surface area contributed by atoms with Gasteiger partial charge in [-0.15, -0.1) is 0 Å². The molecule has 0 spiro atoms. The van der Waals surface area contributed by atoms with Crippen LogP contribution in [0.3, 0.4) is 0 Å². The lowest BCUT2D eigenvalue weighted by molar-refractivity contribution is -0.137. The number of para-hydroxylation sites is 1. The van der Waals surface area contributed by atoms with Crippen LogP contribution >= 0.6 is 0 Å². The molecule has 190 valence electrons. The molecule has 1 unspecified atom stereocenters. The predicted molar refractivity (Wildman–Crippen MR) is 140 cm³/mol. The van der Waals surface area contributed by atoms with Gasteiger partial charge in [-0.25, -0.2) is 0 Å². The first-order chi connectivity index (χ1) is 17.3. The van der Waals surface area contributed by atoms with Gasteiger partial charge in [-0.3, -0.25) is 9.59 Å². The molecule has 0 aliphatic carbocycles. The molecule has 1 amide bonds. The van der Waals surface area contributed by atoms with E-state index in [2.05, 4.69) is 43.4 Å². The first-order valence-electron chi connectivity index (χ1n) is 12.4. The number of hydrogen-bond acceptors (Lipinski definition) is 4. The number of ether oxygens (including phenoxy) is 2. The standard InChI is InChI=1S/C30H35NO5/c1-21(2)18-23-13-15-25(16-14-23)22(3)36-26-9-6-8-24(19-26)20-31-30(34)27-10-4-5-11-28(27)35-17-7-12-29(32)33/h4-6,8-11,13-16,19,21-22H,7,12,17-18,20H2,1-3H3,(H,31,34)(H,32,33). The summed E-state index contributed by atoms with van der Waals surface area (Å²) in [5.74, 6) is 0.667. The Labute approximate surface area is 213 Å². The Balaban J connectivity index is 1.56.